The van der Waals surface area contributed by atoms with Gasteiger partial charge in [0.1, 0.15) is 0 Å². The van der Waals surface area contributed by atoms with Crippen LogP contribution in [-0.2, 0) is 41.3 Å². The average molecular weight is 727 g/mol. The third kappa shape index (κ3) is 6.20. The number of rotatable bonds is 6. The van der Waals surface area contributed by atoms with Crippen LogP contribution in [0.3, 0.4) is 0 Å². The van der Waals surface area contributed by atoms with E-state index < -0.39 is 0 Å². The Balaban J connectivity index is 0.000000151. The van der Waals surface area contributed by atoms with Gasteiger partial charge in [-0.05, 0) is 30.7 Å². The predicted octanol–water partition coefficient (Wildman–Crippen LogP) is 0.456. The molecule has 282 valence electrons. The maximum atomic E-state index is 13.0. The Morgan fingerprint density at radius 2 is 1.34 bits per heavy atom. The molecule has 1 aliphatic carbocycles. The zero-order valence-corrected chi connectivity index (χ0v) is 31.1. The molecule has 2 unspecified atom stereocenters. The van der Waals surface area contributed by atoms with E-state index >= 15 is 0 Å². The molecular weight excluding hydrogens is 676 g/mol. The van der Waals surface area contributed by atoms with Crippen LogP contribution in [0.1, 0.15) is 44.1 Å². The quantitative estimate of drug-likeness (QED) is 0.252. The van der Waals surface area contributed by atoms with Gasteiger partial charge in [-0.3, -0.25) is 32.4 Å². The maximum absolute atomic E-state index is 13.0. The lowest BCUT2D eigenvalue weighted by Gasteiger charge is -2.30. The molecule has 2 atom stereocenters. The molecule has 3 aliphatic heterocycles. The van der Waals surface area contributed by atoms with Crippen molar-refractivity contribution in [3.8, 4) is 0 Å². The molecule has 5 aromatic rings. The number of nitrogens with one attached hydrogen (secondary N) is 2. The van der Waals surface area contributed by atoms with Gasteiger partial charge in [-0.2, -0.15) is 9.97 Å². The van der Waals surface area contributed by atoms with Gasteiger partial charge in [-0.1, -0.05) is 49.6 Å². The fourth-order valence-electron chi connectivity index (χ4n) is 8.72. The van der Waals surface area contributed by atoms with Crippen LogP contribution in [0.15, 0.2) is 49.5 Å². The Labute approximate surface area is 306 Å². The zero-order chi connectivity index (χ0) is 37.0. The van der Waals surface area contributed by atoms with Gasteiger partial charge in [0.2, 0.25) is 11.9 Å². The lowest BCUT2D eigenvalue weighted by Crippen LogP contribution is -2.44. The van der Waals surface area contributed by atoms with Crippen LogP contribution in [0.2, 0.25) is 0 Å². The second kappa shape index (κ2) is 14.1. The summed E-state index contributed by atoms with van der Waals surface area (Å²) in [5.41, 5.74) is 1.87. The van der Waals surface area contributed by atoms with E-state index in [4.69, 9.17) is 9.97 Å². The van der Waals surface area contributed by atoms with E-state index in [1.165, 1.54) is 52.9 Å². The number of benzene rings is 1. The van der Waals surface area contributed by atoms with Gasteiger partial charge in [0.15, 0.2) is 22.3 Å². The van der Waals surface area contributed by atoms with Crippen LogP contribution >= 0.6 is 0 Å². The summed E-state index contributed by atoms with van der Waals surface area (Å²) in [5, 5.41) is 6.86. The summed E-state index contributed by atoms with van der Waals surface area (Å²) in [5.74, 6) is 2.19. The molecule has 9 rings (SSSR count). The molecule has 0 radical (unpaired) electrons. The van der Waals surface area contributed by atoms with E-state index in [1.54, 1.807) is 21.1 Å². The second-order valence-electron chi connectivity index (χ2n) is 15.2. The molecule has 1 aromatic carbocycles. The van der Waals surface area contributed by atoms with Crippen LogP contribution in [-0.4, -0.2) is 88.7 Å². The van der Waals surface area contributed by atoms with Crippen LogP contribution in [0, 0.1) is 5.92 Å². The first-order valence-corrected chi connectivity index (χ1v) is 18.9. The minimum absolute atomic E-state index is 0.243. The monoisotopic (exact) mass is 726 g/mol. The van der Waals surface area contributed by atoms with Crippen molar-refractivity contribution in [1.29, 1.82) is 0 Å². The zero-order valence-electron chi connectivity index (χ0n) is 31.1. The minimum atomic E-state index is -0.354. The van der Waals surface area contributed by atoms with Crippen molar-refractivity contribution in [2.45, 2.75) is 63.7 Å². The summed E-state index contributed by atoms with van der Waals surface area (Å²) in [6.45, 7) is 6.69. The highest BCUT2D eigenvalue weighted by Crippen LogP contribution is 2.31. The molecule has 4 fully saturated rings. The Morgan fingerprint density at radius 3 is 1.92 bits per heavy atom. The molecule has 1 saturated carbocycles. The fourth-order valence-corrected chi connectivity index (χ4v) is 8.72. The molecular formula is C37H50N12O4. The smallest absolute Gasteiger partial charge is 0.332 e. The van der Waals surface area contributed by atoms with E-state index in [2.05, 4.69) is 25.0 Å². The molecule has 4 aromatic heterocycles. The molecule has 7 heterocycles. The summed E-state index contributed by atoms with van der Waals surface area (Å²) in [6.07, 6.45) is 7.32. The van der Waals surface area contributed by atoms with Gasteiger partial charge in [0.25, 0.3) is 11.1 Å². The van der Waals surface area contributed by atoms with Crippen LogP contribution in [0.5, 0.6) is 0 Å². The van der Waals surface area contributed by atoms with Crippen LogP contribution in [0.25, 0.3) is 22.3 Å². The van der Waals surface area contributed by atoms with Gasteiger partial charge in [0, 0.05) is 86.1 Å². The summed E-state index contributed by atoms with van der Waals surface area (Å²) in [4.78, 5) is 64.7. The van der Waals surface area contributed by atoms with Crippen LogP contribution in [0.4, 0.5) is 11.9 Å². The number of hydrogen-bond donors (Lipinski definition) is 2. The van der Waals surface area contributed by atoms with Gasteiger partial charge in [-0.15, -0.1) is 0 Å². The van der Waals surface area contributed by atoms with Crippen LogP contribution < -0.4 is 42.9 Å². The second-order valence-corrected chi connectivity index (χ2v) is 15.2. The number of aromatic nitrogens is 8. The first-order valence-electron chi connectivity index (χ1n) is 18.9. The molecule has 0 amide bonds. The largest absolute Gasteiger partial charge is 0.340 e. The van der Waals surface area contributed by atoms with Gasteiger partial charge in [0.05, 0.1) is 6.54 Å². The summed E-state index contributed by atoms with van der Waals surface area (Å²) < 4.78 is 9.40. The number of imidazole rings is 2. The van der Waals surface area contributed by atoms with Crippen molar-refractivity contribution in [2.75, 3.05) is 49.1 Å². The van der Waals surface area contributed by atoms with E-state index in [1.807, 2.05) is 34.9 Å². The van der Waals surface area contributed by atoms with Gasteiger partial charge >= 0.3 is 11.4 Å². The Morgan fingerprint density at radius 1 is 0.736 bits per heavy atom. The number of anilines is 2. The standard InChI is InChI=1S/C19H22N6O2.C18H28N6O2/c1-22-16-15(17(26)23(2)19(22)27)25(10-12-6-4-3-5-7-12)18(21-16)24-11-13-8-14(24)9-20-13;1-21-15-14(16(25)22(2)18(21)26)24(12-13-6-4-3-5-7-13)17(20-15)23-10-8-19-9-11-23/h3-7,13-14,20H,8-11H2,1-2H3;13,19H,3-12H2,1-2H3. The van der Waals surface area contributed by atoms with Crippen molar-refractivity contribution in [2.24, 2.45) is 34.1 Å². The van der Waals surface area contributed by atoms with E-state index in [9.17, 15) is 19.2 Å². The van der Waals surface area contributed by atoms with Gasteiger partial charge in [-0.25, -0.2) is 9.59 Å². The fraction of sp³-hybridized carbons (Fsp3) is 0.568. The van der Waals surface area contributed by atoms with Gasteiger partial charge < -0.3 is 25.0 Å². The van der Waals surface area contributed by atoms with Crippen molar-refractivity contribution in [3.63, 3.8) is 0 Å². The summed E-state index contributed by atoms with van der Waals surface area (Å²) in [6, 6.07) is 10.9. The molecule has 2 bridgehead atoms. The van der Waals surface area contributed by atoms with E-state index in [0.29, 0.717) is 46.9 Å². The normalized spacial score (nSPS) is 20.5. The highest BCUT2D eigenvalue weighted by atomic mass is 16.2. The maximum Gasteiger partial charge on any atom is 0.332 e. The predicted molar refractivity (Wildman–Crippen MR) is 205 cm³/mol. The molecule has 4 aliphatic rings. The molecule has 2 N–H and O–H groups in total. The molecule has 16 heteroatoms. The molecule has 16 nitrogen and oxygen atoms in total. The Hall–Kier alpha value is -4.96. The number of aryl methyl sites for hydroxylation is 2. The highest BCUT2D eigenvalue weighted by Gasteiger charge is 2.40. The Kier molecular flexibility index (Phi) is 9.35. The van der Waals surface area contributed by atoms with Crippen molar-refractivity contribution in [3.05, 3.63) is 77.6 Å². The topological polar surface area (TPSA) is 154 Å². The number of nitrogens with zero attached hydrogens (tertiary/aromatic N) is 10. The number of piperazine rings is 2. The third-order valence-corrected chi connectivity index (χ3v) is 11.7. The lowest BCUT2D eigenvalue weighted by molar-refractivity contribution is 0.321. The SMILES string of the molecule is Cn1c(=O)c2c(nc(N3CC4CC3CN4)n2Cc2ccccc2)n(C)c1=O.Cn1c(=O)c2c(nc(N3CCNCC3)n2CC2CCCCC2)n(C)c1=O. The third-order valence-electron chi connectivity index (χ3n) is 11.7. The summed E-state index contributed by atoms with van der Waals surface area (Å²) in [7, 11) is 6.44. The molecule has 53 heavy (non-hydrogen) atoms. The summed E-state index contributed by atoms with van der Waals surface area (Å²) >= 11 is 0. The Bertz CT molecular complexity index is 2390. The van der Waals surface area contributed by atoms with E-state index in [-0.39, 0.29) is 22.5 Å². The van der Waals surface area contributed by atoms with Crippen molar-refractivity contribution >= 4 is 34.2 Å². The minimum Gasteiger partial charge on any atom is -0.340 e. The first kappa shape index (κ1) is 35.1. The number of fused-ring (bicyclic) bond motifs is 4. The molecule has 3 saturated heterocycles. The first-order chi connectivity index (χ1) is 25.6. The number of hydrogen-bond acceptors (Lipinski definition) is 10. The lowest BCUT2D eigenvalue weighted by atomic mass is 9.89. The van der Waals surface area contributed by atoms with Crippen molar-refractivity contribution in [1.82, 2.24) is 48.0 Å². The highest BCUT2D eigenvalue weighted by molar-refractivity contribution is 5.76. The average Bonchev–Trinajstić information content (AvgIpc) is 3.99. The molecule has 0 spiro atoms. The van der Waals surface area contributed by atoms with Crippen molar-refractivity contribution < 1.29 is 0 Å². The van der Waals surface area contributed by atoms with E-state index in [0.717, 1.165) is 74.3 Å².